The lowest BCUT2D eigenvalue weighted by atomic mass is 9.88. The maximum atomic E-state index is 13.5. The highest BCUT2D eigenvalue weighted by atomic mass is 16.8. The quantitative estimate of drug-likeness (QED) is 0.0538. The summed E-state index contributed by atoms with van der Waals surface area (Å²) in [6.45, 7) is -2.51. The van der Waals surface area contributed by atoms with Crippen LogP contribution in [0.4, 0.5) is 0 Å². The number of carbonyl (C=O) groups is 3. The number of amides is 2. The summed E-state index contributed by atoms with van der Waals surface area (Å²) < 4.78 is 63.9. The van der Waals surface area contributed by atoms with E-state index in [2.05, 4.69) is 10.6 Å². The third kappa shape index (κ3) is 13.5. The van der Waals surface area contributed by atoms with Crippen molar-refractivity contribution in [2.24, 2.45) is 0 Å². The largest absolute Gasteiger partial charge is 0.477 e. The fraction of sp³-hybridized carbons (Fsp3) is 0.930. The molecule has 0 bridgehead atoms. The van der Waals surface area contributed by atoms with Gasteiger partial charge in [-0.1, -0.05) is 0 Å². The highest BCUT2D eigenvalue weighted by Crippen LogP contribution is 2.41. The van der Waals surface area contributed by atoms with E-state index in [1.807, 2.05) is 0 Å². The van der Waals surface area contributed by atoms with Gasteiger partial charge in [-0.05, 0) is 6.92 Å². The second-order valence-electron chi connectivity index (χ2n) is 19.6. The van der Waals surface area contributed by atoms with E-state index in [0.29, 0.717) is 0 Å². The molecule has 0 aliphatic carbocycles. The number of rotatable bonds is 20. The molecular formula is C43H72N2O33. The molecule has 0 spiro atoms. The van der Waals surface area contributed by atoms with Crippen molar-refractivity contribution in [3.05, 3.63) is 0 Å². The van der Waals surface area contributed by atoms with Gasteiger partial charge in [0.2, 0.25) is 11.8 Å². The number of aliphatic hydroxyl groups excluding tert-OH is 18. The molecule has 0 aromatic carbocycles. The predicted octanol–water partition coefficient (Wildman–Crippen LogP) is -13.6. The second kappa shape index (κ2) is 27.1. The van der Waals surface area contributed by atoms with Crippen molar-refractivity contribution in [1.82, 2.24) is 10.6 Å². The van der Waals surface area contributed by atoms with Gasteiger partial charge in [0.05, 0.1) is 51.3 Å². The molecule has 21 N–H and O–H groups in total. The number of ether oxygens (including phenoxy) is 11. The van der Waals surface area contributed by atoms with Crippen molar-refractivity contribution in [1.29, 1.82) is 0 Å². The summed E-state index contributed by atoms with van der Waals surface area (Å²) in [5.74, 6) is -7.40. The van der Waals surface area contributed by atoms with E-state index in [9.17, 15) is 111 Å². The first-order valence-corrected chi connectivity index (χ1v) is 24.6. The van der Waals surface area contributed by atoms with Crippen LogP contribution >= 0.6 is 0 Å². The molecule has 35 heteroatoms. The highest BCUT2D eigenvalue weighted by molar-refractivity contribution is 5.76. The van der Waals surface area contributed by atoms with Gasteiger partial charge in [0.15, 0.2) is 31.5 Å². The van der Waals surface area contributed by atoms with Gasteiger partial charge in [0.1, 0.15) is 134 Å². The maximum absolute atomic E-state index is 13.5. The molecule has 452 valence electrons. The van der Waals surface area contributed by atoms with E-state index in [4.69, 9.17) is 52.1 Å². The molecule has 0 radical (unpaired) electrons. The van der Waals surface area contributed by atoms with E-state index >= 15 is 0 Å². The van der Waals surface area contributed by atoms with Crippen molar-refractivity contribution in [2.45, 2.75) is 217 Å². The molecule has 6 aliphatic rings. The van der Waals surface area contributed by atoms with Crippen LogP contribution in [0.2, 0.25) is 0 Å². The summed E-state index contributed by atoms with van der Waals surface area (Å²) in [5, 5.41) is 209. The predicted molar refractivity (Wildman–Crippen MR) is 238 cm³/mol. The van der Waals surface area contributed by atoms with Gasteiger partial charge in [-0.15, -0.1) is 0 Å². The Morgan fingerprint density at radius 2 is 1.03 bits per heavy atom. The number of hydrogen-bond acceptors (Lipinski definition) is 32. The van der Waals surface area contributed by atoms with Crippen LogP contribution in [-0.4, -0.2) is 338 Å². The Morgan fingerprint density at radius 1 is 0.526 bits per heavy atom. The molecule has 78 heavy (non-hydrogen) atoms. The van der Waals surface area contributed by atoms with E-state index < -0.39 is 247 Å². The summed E-state index contributed by atoms with van der Waals surface area (Å²) in [7, 11) is 0. The molecule has 6 rings (SSSR count). The van der Waals surface area contributed by atoms with Crippen molar-refractivity contribution in [3.63, 3.8) is 0 Å². The summed E-state index contributed by atoms with van der Waals surface area (Å²) in [6, 6.07) is -3.74. The van der Waals surface area contributed by atoms with E-state index in [-0.39, 0.29) is 0 Å². The molecule has 35 nitrogen and oxygen atoms in total. The zero-order chi connectivity index (χ0) is 58.0. The standard InChI is InChI=1S/C43H72N2O33/c1-10-21(55)25(59)29(63)39(68-10)76-36-26(60)23(57)15(6-47)71-41(36)75-33-20(45-12(3)52)38(70-16(7-48)24(33)58)74-32-18(9-50)72-40(73-31-17(8-49)69-37(65)28(62)27(31)61)30(64)35(32)78-43(42(66)67)4-13(53)19(44-11(2)51)34(77-43)22(56)14(54)5-46/h10,13-41,46-50,53-65H,4-9H2,1-3H3,(H,44,51)(H,45,52)(H,66,67)/t10-,13-,14+,15+,16+,17+,18+,19+,20+,21+,22+,23-,24-,25+,26-,27+,28+,29-,30+,31+,32-,33+,34+,35+,36+,37?,38-,39-,40-,41-,43-/m0/s1. The molecule has 2 amide bonds. The normalized spacial score (nSPS) is 48.1. The van der Waals surface area contributed by atoms with Crippen LogP contribution in [0.1, 0.15) is 27.2 Å². The lowest BCUT2D eigenvalue weighted by molar-refractivity contribution is -0.405. The van der Waals surface area contributed by atoms with Crippen LogP contribution in [-0.2, 0) is 66.5 Å². The lowest BCUT2D eigenvalue weighted by Gasteiger charge is -2.53. The number of carboxylic acids is 1. The highest BCUT2D eigenvalue weighted by Gasteiger charge is 2.62. The van der Waals surface area contributed by atoms with E-state index in [1.165, 1.54) is 6.92 Å². The van der Waals surface area contributed by atoms with Gasteiger partial charge in [0.25, 0.3) is 5.79 Å². The van der Waals surface area contributed by atoms with Crippen LogP contribution in [0, 0.1) is 0 Å². The minimum absolute atomic E-state index is 0.879. The molecule has 6 saturated heterocycles. The maximum Gasteiger partial charge on any atom is 0.364 e. The van der Waals surface area contributed by atoms with Crippen LogP contribution < -0.4 is 10.6 Å². The Bertz CT molecular complexity index is 1950. The number of aliphatic carboxylic acids is 1. The first-order chi connectivity index (χ1) is 36.7. The summed E-state index contributed by atoms with van der Waals surface area (Å²) >= 11 is 0. The van der Waals surface area contributed by atoms with Crippen molar-refractivity contribution in [3.8, 4) is 0 Å². The molecule has 0 aromatic heterocycles. The van der Waals surface area contributed by atoms with Gasteiger partial charge in [-0.3, -0.25) is 9.59 Å². The zero-order valence-corrected chi connectivity index (χ0v) is 41.8. The van der Waals surface area contributed by atoms with Gasteiger partial charge >= 0.3 is 5.97 Å². The fourth-order valence-corrected chi connectivity index (χ4v) is 9.95. The molecular weight excluding hydrogens is 1070 g/mol. The Balaban J connectivity index is 1.43. The molecule has 6 aliphatic heterocycles. The van der Waals surface area contributed by atoms with Crippen LogP contribution in [0.25, 0.3) is 0 Å². The Hall–Kier alpha value is -2.75. The fourth-order valence-electron chi connectivity index (χ4n) is 9.95. The van der Waals surface area contributed by atoms with Gasteiger partial charge in [0, 0.05) is 20.3 Å². The van der Waals surface area contributed by atoms with E-state index in [0.717, 1.165) is 13.8 Å². The van der Waals surface area contributed by atoms with Crippen LogP contribution in [0.5, 0.6) is 0 Å². The number of nitrogens with one attached hydrogen (secondary N) is 2. The van der Waals surface area contributed by atoms with Crippen LogP contribution in [0.15, 0.2) is 0 Å². The lowest BCUT2D eigenvalue weighted by Crippen LogP contribution is -2.72. The first kappa shape index (κ1) is 64.4. The Morgan fingerprint density at radius 3 is 1.60 bits per heavy atom. The zero-order valence-electron chi connectivity index (χ0n) is 41.8. The minimum Gasteiger partial charge on any atom is -0.477 e. The SMILES string of the molecule is CC(=O)N[C@H]1[C@H](O[C@@H]2[C@H](O[C@]3(C(=O)O)C[C@H](O)[C@@H](NC(C)=O)[C@H]([C@H](O)[C@H](O)CO)O3)[C@@H](O)[C@H](O[C@H]3[C@H](O)[C@@H](O)C(O)O[C@@H]3CO)O[C@@H]2CO)O[C@H](CO)[C@H](O)[C@@H]1O[C@@H]1O[C@H](CO)[C@H](O)[C@H](O)[C@H]1O[C@@H]1O[C@@H](C)[C@@H](O)[C@@H](O)[C@@H]1O. The topological polar surface area (TPSA) is 561 Å². The molecule has 6 fully saturated rings. The smallest absolute Gasteiger partial charge is 0.364 e. The third-order valence-electron chi connectivity index (χ3n) is 14.2. The average Bonchev–Trinajstić information content (AvgIpc) is 3.50. The van der Waals surface area contributed by atoms with Crippen molar-refractivity contribution < 1.29 is 164 Å². The van der Waals surface area contributed by atoms with Gasteiger partial charge in [-0.2, -0.15) is 0 Å². The van der Waals surface area contributed by atoms with Gasteiger partial charge < -0.3 is 160 Å². The number of aliphatic hydroxyl groups is 18. The number of carbonyl (C=O) groups excluding carboxylic acids is 2. The summed E-state index contributed by atoms with van der Waals surface area (Å²) in [6.07, 6.45) is -58.8. The molecule has 31 atom stereocenters. The first-order valence-electron chi connectivity index (χ1n) is 24.6. The molecule has 1 unspecified atom stereocenters. The second-order valence-corrected chi connectivity index (χ2v) is 19.6. The van der Waals surface area contributed by atoms with E-state index in [1.54, 1.807) is 0 Å². The summed E-state index contributed by atoms with van der Waals surface area (Å²) in [4.78, 5) is 38.9. The number of hydrogen-bond donors (Lipinski definition) is 21. The minimum atomic E-state index is -3.38. The third-order valence-corrected chi connectivity index (χ3v) is 14.2. The molecule has 0 aromatic rings. The van der Waals surface area contributed by atoms with Gasteiger partial charge in [-0.25, -0.2) is 4.79 Å². The Labute approximate surface area is 441 Å². The van der Waals surface area contributed by atoms with Crippen LogP contribution in [0.3, 0.4) is 0 Å². The average molecular weight is 1150 g/mol. The molecule has 6 heterocycles. The summed E-state index contributed by atoms with van der Waals surface area (Å²) in [5.41, 5.74) is 0. The van der Waals surface area contributed by atoms with Crippen molar-refractivity contribution in [2.75, 3.05) is 33.0 Å². The molecule has 0 saturated carbocycles. The Kier molecular flexibility index (Phi) is 22.4. The van der Waals surface area contributed by atoms with Crippen molar-refractivity contribution >= 4 is 17.8 Å². The monoisotopic (exact) mass is 1140 g/mol. The number of carboxylic acid groups (broad SMARTS) is 1.